The van der Waals surface area contributed by atoms with E-state index in [1.807, 2.05) is 44.2 Å². The van der Waals surface area contributed by atoms with Crippen LogP contribution >= 0.6 is 0 Å². The summed E-state index contributed by atoms with van der Waals surface area (Å²) in [5.41, 5.74) is 1.08. The van der Waals surface area contributed by atoms with Crippen molar-refractivity contribution in [3.8, 4) is 5.75 Å². The van der Waals surface area contributed by atoms with Crippen LogP contribution in [0.15, 0.2) is 83.8 Å². The molecule has 1 N–H and O–H groups in total. The van der Waals surface area contributed by atoms with Crippen molar-refractivity contribution in [3.05, 3.63) is 90.2 Å². The van der Waals surface area contributed by atoms with Gasteiger partial charge in [-0.1, -0.05) is 30.3 Å². The summed E-state index contributed by atoms with van der Waals surface area (Å²) in [5, 5.41) is 2.82. The van der Waals surface area contributed by atoms with Crippen LogP contribution in [0.4, 0.5) is 10.1 Å². The van der Waals surface area contributed by atoms with E-state index in [4.69, 9.17) is 4.74 Å². The molecule has 32 heavy (non-hydrogen) atoms. The van der Waals surface area contributed by atoms with Crippen LogP contribution in [0.25, 0.3) is 0 Å². The van der Waals surface area contributed by atoms with Crippen LogP contribution in [0, 0.1) is 5.82 Å². The van der Waals surface area contributed by atoms with Crippen LogP contribution in [0.1, 0.15) is 25.5 Å². The summed E-state index contributed by atoms with van der Waals surface area (Å²) in [5.74, 6) is -0.455. The van der Waals surface area contributed by atoms with Gasteiger partial charge in [0, 0.05) is 0 Å². The first-order chi connectivity index (χ1) is 15.3. The number of hydrogen-bond acceptors (Lipinski definition) is 4. The minimum atomic E-state index is -4.10. The minimum Gasteiger partial charge on any atom is -0.494 e. The summed E-state index contributed by atoms with van der Waals surface area (Å²) in [6, 6.07) is 19.9. The monoisotopic (exact) mass is 456 g/mol. The second kappa shape index (κ2) is 10.3. The number of anilines is 1. The zero-order chi connectivity index (χ0) is 23.1. The molecule has 0 saturated carbocycles. The lowest BCUT2D eigenvalue weighted by molar-refractivity contribution is -0.120. The van der Waals surface area contributed by atoms with Crippen molar-refractivity contribution in [2.75, 3.05) is 17.5 Å². The zero-order valence-electron chi connectivity index (χ0n) is 17.9. The van der Waals surface area contributed by atoms with E-state index in [9.17, 15) is 17.6 Å². The average molecular weight is 457 g/mol. The molecule has 3 aromatic carbocycles. The first kappa shape index (κ1) is 23.3. The van der Waals surface area contributed by atoms with Gasteiger partial charge in [0.25, 0.3) is 10.0 Å². The molecule has 0 saturated heterocycles. The van der Waals surface area contributed by atoms with E-state index < -0.39 is 28.3 Å². The third-order valence-electron chi connectivity index (χ3n) is 4.80. The number of carbonyl (C=O) groups excluding carboxylic acids is 1. The molecule has 1 atom stereocenters. The zero-order valence-corrected chi connectivity index (χ0v) is 18.7. The molecule has 3 aromatic rings. The van der Waals surface area contributed by atoms with Gasteiger partial charge in [0.2, 0.25) is 5.91 Å². The van der Waals surface area contributed by atoms with Crippen LogP contribution in [0.5, 0.6) is 5.75 Å². The molecule has 0 fully saturated rings. The predicted octanol–water partition coefficient (Wildman–Crippen LogP) is 4.30. The number of nitrogens with zero attached hydrogens (tertiary/aromatic N) is 1. The van der Waals surface area contributed by atoms with Crippen molar-refractivity contribution in [2.24, 2.45) is 0 Å². The van der Waals surface area contributed by atoms with Crippen LogP contribution in [-0.2, 0) is 14.8 Å². The molecule has 0 radical (unpaired) electrons. The van der Waals surface area contributed by atoms with Gasteiger partial charge in [0.05, 0.1) is 23.2 Å². The van der Waals surface area contributed by atoms with Crippen LogP contribution in [0.3, 0.4) is 0 Å². The summed E-state index contributed by atoms with van der Waals surface area (Å²) >= 11 is 0. The maximum absolute atomic E-state index is 13.4. The lowest BCUT2D eigenvalue weighted by Gasteiger charge is -2.25. The Hall–Kier alpha value is -3.39. The molecule has 3 rings (SSSR count). The Bertz CT molecular complexity index is 1130. The lowest BCUT2D eigenvalue weighted by atomic mass is 10.1. The molecule has 1 unspecified atom stereocenters. The van der Waals surface area contributed by atoms with E-state index in [1.54, 1.807) is 12.1 Å². The Morgan fingerprint density at radius 2 is 1.62 bits per heavy atom. The predicted molar refractivity (Wildman–Crippen MR) is 122 cm³/mol. The van der Waals surface area contributed by atoms with E-state index in [1.165, 1.54) is 24.3 Å². The second-order valence-electron chi connectivity index (χ2n) is 7.09. The summed E-state index contributed by atoms with van der Waals surface area (Å²) in [6.45, 7) is 3.64. The van der Waals surface area contributed by atoms with Gasteiger partial charge >= 0.3 is 0 Å². The summed E-state index contributed by atoms with van der Waals surface area (Å²) in [6.07, 6.45) is 0. The average Bonchev–Trinajstić information content (AvgIpc) is 2.79. The molecular formula is C24H25FN2O4S. The molecule has 0 aliphatic heterocycles. The lowest BCUT2D eigenvalue weighted by Crippen LogP contribution is -2.41. The number of benzene rings is 3. The maximum Gasteiger partial charge on any atom is 0.264 e. The summed E-state index contributed by atoms with van der Waals surface area (Å²) in [7, 11) is -4.10. The van der Waals surface area contributed by atoms with E-state index in [2.05, 4.69) is 5.32 Å². The molecular weight excluding hydrogens is 431 g/mol. The number of amides is 1. The van der Waals surface area contributed by atoms with Crippen molar-refractivity contribution >= 4 is 21.6 Å². The number of sulfonamides is 1. The Morgan fingerprint density at radius 1 is 1.00 bits per heavy atom. The highest BCUT2D eigenvalue weighted by atomic mass is 32.2. The van der Waals surface area contributed by atoms with Gasteiger partial charge in [0.1, 0.15) is 18.1 Å². The number of nitrogens with one attached hydrogen (secondary N) is 1. The fourth-order valence-corrected chi connectivity index (χ4v) is 4.59. The standard InChI is InChI=1S/C24H25FN2O4S/c1-3-31-22-13-15-23(16-14-22)32(29,30)27(21-11-9-20(25)10-12-21)17-24(28)26-18(2)19-7-5-4-6-8-19/h4-16,18H,3,17H2,1-2H3,(H,26,28). The molecule has 0 aliphatic rings. The van der Waals surface area contributed by atoms with Crippen molar-refractivity contribution in [2.45, 2.75) is 24.8 Å². The van der Waals surface area contributed by atoms with Crippen molar-refractivity contribution < 1.29 is 22.3 Å². The molecule has 0 bridgehead atoms. The van der Waals surface area contributed by atoms with Crippen LogP contribution in [0.2, 0.25) is 0 Å². The van der Waals surface area contributed by atoms with Crippen LogP contribution < -0.4 is 14.4 Å². The number of carbonyl (C=O) groups is 1. The third kappa shape index (κ3) is 5.64. The highest BCUT2D eigenvalue weighted by molar-refractivity contribution is 7.92. The van der Waals surface area contributed by atoms with Crippen molar-refractivity contribution in [1.82, 2.24) is 5.32 Å². The molecule has 6 nitrogen and oxygen atoms in total. The Kier molecular flexibility index (Phi) is 7.48. The highest BCUT2D eigenvalue weighted by Crippen LogP contribution is 2.25. The Labute approximate surface area is 187 Å². The normalized spacial score (nSPS) is 12.1. The molecule has 1 amide bonds. The minimum absolute atomic E-state index is 0.00538. The van der Waals surface area contributed by atoms with E-state index in [-0.39, 0.29) is 16.6 Å². The smallest absolute Gasteiger partial charge is 0.264 e. The van der Waals surface area contributed by atoms with E-state index >= 15 is 0 Å². The molecule has 0 aromatic heterocycles. The van der Waals surface area contributed by atoms with Gasteiger partial charge in [-0.2, -0.15) is 0 Å². The molecule has 8 heteroatoms. The molecule has 168 valence electrons. The van der Waals surface area contributed by atoms with Gasteiger partial charge < -0.3 is 10.1 Å². The summed E-state index contributed by atoms with van der Waals surface area (Å²) < 4.78 is 46.6. The van der Waals surface area contributed by atoms with Crippen molar-refractivity contribution in [3.63, 3.8) is 0 Å². The number of ether oxygens (including phenoxy) is 1. The highest BCUT2D eigenvalue weighted by Gasteiger charge is 2.28. The quantitative estimate of drug-likeness (QED) is 0.521. The van der Waals surface area contributed by atoms with Gasteiger partial charge in [-0.3, -0.25) is 9.10 Å². The molecule has 0 spiro atoms. The largest absolute Gasteiger partial charge is 0.494 e. The molecule has 0 aliphatic carbocycles. The third-order valence-corrected chi connectivity index (χ3v) is 6.59. The summed E-state index contributed by atoms with van der Waals surface area (Å²) in [4.78, 5) is 12.8. The maximum atomic E-state index is 13.4. The number of rotatable bonds is 9. The van der Waals surface area contributed by atoms with Gasteiger partial charge in [0.15, 0.2) is 0 Å². The van der Waals surface area contributed by atoms with E-state index in [0.29, 0.717) is 12.4 Å². The second-order valence-corrected chi connectivity index (χ2v) is 8.95. The SMILES string of the molecule is CCOc1ccc(S(=O)(=O)N(CC(=O)NC(C)c2ccccc2)c2ccc(F)cc2)cc1. The number of hydrogen-bond donors (Lipinski definition) is 1. The van der Waals surface area contributed by atoms with Gasteiger partial charge in [-0.05, 0) is 67.9 Å². The van der Waals surface area contributed by atoms with Gasteiger partial charge in [-0.15, -0.1) is 0 Å². The Balaban J connectivity index is 1.88. The fraction of sp³-hybridized carbons (Fsp3) is 0.208. The van der Waals surface area contributed by atoms with Crippen molar-refractivity contribution in [1.29, 1.82) is 0 Å². The van der Waals surface area contributed by atoms with Crippen LogP contribution in [-0.4, -0.2) is 27.5 Å². The van der Waals surface area contributed by atoms with Gasteiger partial charge in [-0.25, -0.2) is 12.8 Å². The topological polar surface area (TPSA) is 75.7 Å². The first-order valence-corrected chi connectivity index (χ1v) is 11.6. The fourth-order valence-electron chi connectivity index (χ4n) is 3.17. The Morgan fingerprint density at radius 3 is 2.22 bits per heavy atom. The van der Waals surface area contributed by atoms with E-state index in [0.717, 1.165) is 22.0 Å². The first-order valence-electron chi connectivity index (χ1n) is 10.2. The molecule has 0 heterocycles. The number of halogens is 1.